The normalized spacial score (nSPS) is 15.5. The molecule has 0 atom stereocenters. The lowest BCUT2D eigenvalue weighted by molar-refractivity contribution is -0.134. The first-order valence-electron chi connectivity index (χ1n) is 11.4. The number of hydrogen-bond acceptors (Lipinski definition) is 6. The van der Waals surface area contributed by atoms with Gasteiger partial charge >= 0.3 is 0 Å². The van der Waals surface area contributed by atoms with Crippen LogP contribution >= 0.6 is 0 Å². The second-order valence-electron chi connectivity index (χ2n) is 8.62. The molecule has 2 amide bonds. The van der Waals surface area contributed by atoms with Gasteiger partial charge in [0.2, 0.25) is 18.6 Å². The van der Waals surface area contributed by atoms with Crippen molar-refractivity contribution >= 4 is 28.4 Å². The fourth-order valence-corrected chi connectivity index (χ4v) is 4.47. The number of amides is 2. The molecule has 0 unspecified atom stereocenters. The number of para-hydroxylation sites is 1. The van der Waals surface area contributed by atoms with E-state index in [1.54, 1.807) is 42.3 Å². The molecule has 1 saturated heterocycles. The number of aryl methyl sites for hydroxylation is 1. The average Bonchev–Trinajstić information content (AvgIpc) is 3.33. The second kappa shape index (κ2) is 9.17. The molecule has 2 aliphatic rings. The minimum absolute atomic E-state index is 0.0111. The van der Waals surface area contributed by atoms with Crippen molar-refractivity contribution in [2.45, 2.75) is 25.7 Å². The van der Waals surface area contributed by atoms with Crippen molar-refractivity contribution in [3.8, 4) is 11.5 Å². The molecular weight excluding hydrogens is 436 g/mol. The third-order valence-corrected chi connectivity index (χ3v) is 6.50. The number of ether oxygens (including phenoxy) is 2. The van der Waals surface area contributed by atoms with Crippen molar-refractivity contribution in [3.63, 3.8) is 0 Å². The Balaban J connectivity index is 1.14. The zero-order valence-electron chi connectivity index (χ0n) is 19.0. The molecule has 5 rings (SSSR count). The first-order chi connectivity index (χ1) is 16.5. The van der Waals surface area contributed by atoms with Crippen LogP contribution in [0, 0.1) is 5.92 Å². The van der Waals surface area contributed by atoms with Gasteiger partial charge in [-0.25, -0.2) is 4.98 Å². The van der Waals surface area contributed by atoms with Crippen LogP contribution in [-0.2, 0) is 23.1 Å². The zero-order valence-corrected chi connectivity index (χ0v) is 19.0. The molecule has 0 spiro atoms. The number of carbonyl (C=O) groups is 2. The third kappa shape index (κ3) is 4.33. The number of aromatic nitrogens is 2. The third-order valence-electron chi connectivity index (χ3n) is 6.50. The minimum atomic E-state index is -0.155. The smallest absolute Gasteiger partial charge is 0.261 e. The molecule has 0 saturated carbocycles. The summed E-state index contributed by atoms with van der Waals surface area (Å²) in [7, 11) is 1.69. The Labute approximate surface area is 196 Å². The van der Waals surface area contributed by atoms with Crippen molar-refractivity contribution in [1.82, 2.24) is 14.5 Å². The van der Waals surface area contributed by atoms with Gasteiger partial charge in [0.15, 0.2) is 11.5 Å². The number of piperidine rings is 1. The highest BCUT2D eigenvalue weighted by atomic mass is 16.7. The van der Waals surface area contributed by atoms with Crippen molar-refractivity contribution in [3.05, 3.63) is 58.6 Å². The lowest BCUT2D eigenvalue weighted by atomic mass is 9.95. The summed E-state index contributed by atoms with van der Waals surface area (Å²) in [4.78, 5) is 44.4. The van der Waals surface area contributed by atoms with Crippen molar-refractivity contribution in [2.75, 3.05) is 25.2 Å². The average molecular weight is 463 g/mol. The molecule has 2 aliphatic heterocycles. The maximum absolute atomic E-state index is 12.8. The van der Waals surface area contributed by atoms with E-state index in [0.717, 1.165) is 0 Å². The van der Waals surface area contributed by atoms with Gasteiger partial charge in [-0.05, 0) is 37.1 Å². The van der Waals surface area contributed by atoms with Crippen LogP contribution < -0.4 is 20.3 Å². The summed E-state index contributed by atoms with van der Waals surface area (Å²) in [5.41, 5.74) is 1.20. The van der Waals surface area contributed by atoms with Crippen LogP contribution in [0.2, 0.25) is 0 Å². The van der Waals surface area contributed by atoms with E-state index in [9.17, 15) is 14.4 Å². The number of rotatable bonds is 5. The monoisotopic (exact) mass is 462 g/mol. The molecule has 2 aromatic carbocycles. The summed E-state index contributed by atoms with van der Waals surface area (Å²) in [6, 6.07) is 12.5. The molecule has 0 radical (unpaired) electrons. The van der Waals surface area contributed by atoms with E-state index in [4.69, 9.17) is 9.47 Å². The molecule has 3 aromatic rings. The van der Waals surface area contributed by atoms with Crippen LogP contribution in [0.25, 0.3) is 10.9 Å². The van der Waals surface area contributed by atoms with Crippen LogP contribution in [0.5, 0.6) is 11.5 Å². The van der Waals surface area contributed by atoms with E-state index in [2.05, 4.69) is 10.3 Å². The molecule has 176 valence electrons. The summed E-state index contributed by atoms with van der Waals surface area (Å²) >= 11 is 0. The second-order valence-corrected chi connectivity index (χ2v) is 8.62. The summed E-state index contributed by atoms with van der Waals surface area (Å²) in [6.45, 7) is 1.25. The standard InChI is InChI=1S/C25H26N4O5/c1-28-22(27-19-5-3-2-4-18(19)25(28)32)8-9-23(30)29-12-10-16(11-13-29)24(31)26-17-6-7-20-21(14-17)34-15-33-20/h2-7,14,16H,8-13,15H2,1H3,(H,26,31). The first-order valence-corrected chi connectivity index (χ1v) is 11.4. The number of carbonyl (C=O) groups excluding carboxylic acids is 2. The number of anilines is 1. The Hall–Kier alpha value is -3.88. The molecule has 9 nitrogen and oxygen atoms in total. The summed E-state index contributed by atoms with van der Waals surface area (Å²) in [5, 5.41) is 3.51. The van der Waals surface area contributed by atoms with Gasteiger partial charge < -0.3 is 19.7 Å². The number of benzene rings is 2. The van der Waals surface area contributed by atoms with E-state index in [-0.39, 0.29) is 36.5 Å². The van der Waals surface area contributed by atoms with Crippen LogP contribution in [-0.4, -0.2) is 46.1 Å². The van der Waals surface area contributed by atoms with Gasteiger partial charge in [-0.3, -0.25) is 19.0 Å². The van der Waals surface area contributed by atoms with Crippen molar-refractivity contribution < 1.29 is 19.1 Å². The molecular formula is C25H26N4O5. The molecule has 1 N–H and O–H groups in total. The van der Waals surface area contributed by atoms with E-state index >= 15 is 0 Å². The fourth-order valence-electron chi connectivity index (χ4n) is 4.47. The molecule has 1 fully saturated rings. The van der Waals surface area contributed by atoms with Gasteiger partial charge in [0.1, 0.15) is 5.82 Å². The van der Waals surface area contributed by atoms with Crippen LogP contribution in [0.1, 0.15) is 25.1 Å². The van der Waals surface area contributed by atoms with Crippen molar-refractivity contribution in [2.24, 2.45) is 13.0 Å². The van der Waals surface area contributed by atoms with E-state index < -0.39 is 0 Å². The summed E-state index contributed by atoms with van der Waals surface area (Å²) < 4.78 is 12.2. The number of fused-ring (bicyclic) bond motifs is 2. The molecule has 9 heteroatoms. The van der Waals surface area contributed by atoms with Gasteiger partial charge in [-0.15, -0.1) is 0 Å². The molecule has 34 heavy (non-hydrogen) atoms. The summed E-state index contributed by atoms with van der Waals surface area (Å²) in [5.74, 6) is 1.69. The fraction of sp³-hybridized carbons (Fsp3) is 0.360. The van der Waals surface area contributed by atoms with Crippen molar-refractivity contribution in [1.29, 1.82) is 0 Å². The largest absolute Gasteiger partial charge is 0.454 e. The molecule has 0 aliphatic carbocycles. The zero-order chi connectivity index (χ0) is 23.7. The maximum atomic E-state index is 12.8. The van der Waals surface area contributed by atoms with Gasteiger partial charge in [0.25, 0.3) is 5.56 Å². The van der Waals surface area contributed by atoms with Gasteiger partial charge in [0.05, 0.1) is 10.9 Å². The topological polar surface area (TPSA) is 103 Å². The quantitative estimate of drug-likeness (QED) is 0.625. The van der Waals surface area contributed by atoms with Crippen LogP contribution in [0.4, 0.5) is 5.69 Å². The minimum Gasteiger partial charge on any atom is -0.454 e. The Morgan fingerprint density at radius 1 is 1.09 bits per heavy atom. The predicted octanol–water partition coefficient (Wildman–Crippen LogP) is 2.47. The maximum Gasteiger partial charge on any atom is 0.261 e. The van der Waals surface area contributed by atoms with E-state index in [1.165, 1.54) is 4.57 Å². The van der Waals surface area contributed by atoms with E-state index in [0.29, 0.717) is 66.3 Å². The van der Waals surface area contributed by atoms with Gasteiger partial charge in [0, 0.05) is 50.7 Å². The lowest BCUT2D eigenvalue weighted by Gasteiger charge is -2.31. The Kier molecular flexibility index (Phi) is 5.91. The Morgan fingerprint density at radius 3 is 2.68 bits per heavy atom. The Bertz CT molecular complexity index is 1310. The first kappa shape index (κ1) is 21.9. The SMILES string of the molecule is Cn1c(CCC(=O)N2CCC(C(=O)Nc3ccc4c(c3)OCO4)CC2)nc2ccccc2c1=O. The number of nitrogens with zero attached hydrogens (tertiary/aromatic N) is 3. The molecule has 3 heterocycles. The number of hydrogen-bond donors (Lipinski definition) is 1. The highest BCUT2D eigenvalue weighted by Crippen LogP contribution is 2.34. The lowest BCUT2D eigenvalue weighted by Crippen LogP contribution is -2.41. The number of nitrogens with one attached hydrogen (secondary N) is 1. The molecule has 0 bridgehead atoms. The predicted molar refractivity (Wildman–Crippen MR) is 126 cm³/mol. The van der Waals surface area contributed by atoms with Gasteiger partial charge in [-0.1, -0.05) is 12.1 Å². The summed E-state index contributed by atoms with van der Waals surface area (Å²) in [6.07, 6.45) is 1.87. The van der Waals surface area contributed by atoms with Gasteiger partial charge in [-0.2, -0.15) is 0 Å². The van der Waals surface area contributed by atoms with Crippen LogP contribution in [0.15, 0.2) is 47.3 Å². The Morgan fingerprint density at radius 2 is 1.85 bits per heavy atom. The highest BCUT2D eigenvalue weighted by molar-refractivity contribution is 5.93. The highest BCUT2D eigenvalue weighted by Gasteiger charge is 2.28. The van der Waals surface area contributed by atoms with E-state index in [1.807, 2.05) is 12.1 Å². The number of likely N-dealkylation sites (tertiary alicyclic amines) is 1. The molecule has 1 aromatic heterocycles. The van der Waals surface area contributed by atoms with Crippen LogP contribution in [0.3, 0.4) is 0 Å².